The van der Waals surface area contributed by atoms with E-state index in [9.17, 15) is 40.6 Å². The highest BCUT2D eigenvalue weighted by Gasteiger charge is 2.39. The maximum absolute atomic E-state index is 13.7. The molecule has 1 aliphatic heterocycles. The number of anilines is 2. The summed E-state index contributed by atoms with van der Waals surface area (Å²) in [5, 5.41) is 20.7. The van der Waals surface area contributed by atoms with Crippen LogP contribution in [0, 0.1) is 5.82 Å². The molecule has 1 aromatic carbocycles. The van der Waals surface area contributed by atoms with Gasteiger partial charge in [-0.3, -0.25) is 4.79 Å². The zero-order chi connectivity index (χ0) is 25.3. The average Bonchev–Trinajstić information content (AvgIpc) is 2.76. The molecular weight excluding hydrogens is 477 g/mol. The van der Waals surface area contributed by atoms with Crippen molar-refractivity contribution in [3.8, 4) is 0 Å². The minimum atomic E-state index is -4.92. The second kappa shape index (κ2) is 9.54. The molecule has 1 amide bonds. The molecule has 184 valence electrons. The van der Waals surface area contributed by atoms with Crippen molar-refractivity contribution in [1.82, 2.24) is 9.97 Å². The molecular formula is C20H17F7N4O3. The highest BCUT2D eigenvalue weighted by molar-refractivity contribution is 6.04. The Balaban J connectivity index is 1.75. The Morgan fingerprint density at radius 3 is 2.41 bits per heavy atom. The number of hydrogen-bond acceptors (Lipinski definition) is 6. The quantitative estimate of drug-likeness (QED) is 0.551. The molecule has 3 rings (SSSR count). The molecule has 0 saturated carbocycles. The van der Waals surface area contributed by atoms with Gasteiger partial charge in [0.05, 0.1) is 24.1 Å². The summed E-state index contributed by atoms with van der Waals surface area (Å²) < 4.78 is 92.1. The molecule has 0 saturated heterocycles. The molecule has 0 bridgehead atoms. The molecule has 1 aliphatic rings. The minimum Gasteiger partial charge on any atom is -0.393 e. The van der Waals surface area contributed by atoms with Crippen LogP contribution in [0.5, 0.6) is 0 Å². The Bertz CT molecular complexity index is 1100. The van der Waals surface area contributed by atoms with Crippen molar-refractivity contribution in [2.45, 2.75) is 24.9 Å². The lowest BCUT2D eigenvalue weighted by Crippen LogP contribution is -2.34. The number of rotatable bonds is 5. The summed E-state index contributed by atoms with van der Waals surface area (Å²) in [5.41, 5.74) is -3.42. The standard InChI is InChI=1S/C20H17F7N4O3/c21-13-7-11(1-2-12(13)19(22,23)24)29-18(34)10-3-5-31(6-4-10)17-16(20(25,26)27)30-14(8-28-17)15(33)9-32/h1-3,7-8,15,32-33H,4-6,9H2,(H,29,34)/t15-/m1/s1. The predicted molar refractivity (Wildman–Crippen MR) is 104 cm³/mol. The lowest BCUT2D eigenvalue weighted by molar-refractivity contribution is -0.141. The Hall–Kier alpha value is -3.26. The van der Waals surface area contributed by atoms with E-state index in [4.69, 9.17) is 5.11 Å². The van der Waals surface area contributed by atoms with E-state index in [1.807, 2.05) is 0 Å². The van der Waals surface area contributed by atoms with Crippen molar-refractivity contribution in [3.63, 3.8) is 0 Å². The van der Waals surface area contributed by atoms with Crippen molar-refractivity contribution in [2.24, 2.45) is 0 Å². The Kier molecular flexibility index (Phi) is 7.12. The SMILES string of the molecule is O=C(Nc1ccc(C(F)(F)F)c(F)c1)C1=CCN(c2ncc([C@H](O)CO)nc2C(F)(F)F)CC1. The van der Waals surface area contributed by atoms with Crippen LogP contribution in [-0.2, 0) is 17.1 Å². The summed E-state index contributed by atoms with van der Waals surface area (Å²) in [6.45, 7) is -1.11. The number of alkyl halides is 6. The zero-order valence-electron chi connectivity index (χ0n) is 17.1. The summed E-state index contributed by atoms with van der Waals surface area (Å²) in [6, 6.07) is 1.88. The molecule has 7 nitrogen and oxygen atoms in total. The summed E-state index contributed by atoms with van der Waals surface area (Å²) in [7, 11) is 0. The van der Waals surface area contributed by atoms with Crippen molar-refractivity contribution in [1.29, 1.82) is 0 Å². The van der Waals surface area contributed by atoms with Gasteiger partial charge in [-0.15, -0.1) is 0 Å². The number of carbonyl (C=O) groups excluding carboxylic acids is 1. The number of aromatic nitrogens is 2. The van der Waals surface area contributed by atoms with Crippen LogP contribution in [0.2, 0.25) is 0 Å². The van der Waals surface area contributed by atoms with Crippen LogP contribution in [0.4, 0.5) is 42.2 Å². The van der Waals surface area contributed by atoms with Gasteiger partial charge in [-0.25, -0.2) is 14.4 Å². The number of aliphatic hydroxyl groups excluding tert-OH is 2. The van der Waals surface area contributed by atoms with Crippen LogP contribution in [0.3, 0.4) is 0 Å². The first-order valence-corrected chi connectivity index (χ1v) is 9.66. The van der Waals surface area contributed by atoms with Gasteiger partial charge in [0.25, 0.3) is 5.91 Å². The van der Waals surface area contributed by atoms with Gasteiger partial charge in [0, 0.05) is 24.4 Å². The van der Waals surface area contributed by atoms with Crippen LogP contribution >= 0.6 is 0 Å². The molecule has 1 aromatic heterocycles. The lowest BCUT2D eigenvalue weighted by atomic mass is 10.1. The molecule has 34 heavy (non-hydrogen) atoms. The van der Waals surface area contributed by atoms with E-state index in [1.54, 1.807) is 0 Å². The number of carbonyl (C=O) groups is 1. The summed E-state index contributed by atoms with van der Waals surface area (Å²) in [5.74, 6) is -2.86. The fraction of sp³-hybridized carbons (Fsp3) is 0.350. The summed E-state index contributed by atoms with van der Waals surface area (Å²) >= 11 is 0. The van der Waals surface area contributed by atoms with E-state index >= 15 is 0 Å². The maximum atomic E-state index is 13.7. The molecule has 0 radical (unpaired) electrons. The van der Waals surface area contributed by atoms with Crippen LogP contribution in [0.1, 0.15) is 29.5 Å². The van der Waals surface area contributed by atoms with E-state index < -0.39 is 59.6 Å². The number of aliphatic hydroxyl groups is 2. The van der Waals surface area contributed by atoms with E-state index in [2.05, 4.69) is 15.3 Å². The van der Waals surface area contributed by atoms with Gasteiger partial charge in [-0.2, -0.15) is 26.3 Å². The number of halogens is 7. The fourth-order valence-corrected chi connectivity index (χ4v) is 3.17. The Labute approximate surface area is 187 Å². The van der Waals surface area contributed by atoms with Gasteiger partial charge in [0.2, 0.25) is 0 Å². The third-order valence-corrected chi connectivity index (χ3v) is 4.89. The molecule has 1 atom stereocenters. The molecule has 2 aromatic rings. The summed E-state index contributed by atoms with van der Waals surface area (Å²) in [6.07, 6.45) is -9.30. The fourth-order valence-electron chi connectivity index (χ4n) is 3.17. The highest BCUT2D eigenvalue weighted by atomic mass is 19.4. The molecule has 0 spiro atoms. The number of hydrogen-bond donors (Lipinski definition) is 3. The predicted octanol–water partition coefficient (Wildman–Crippen LogP) is 3.45. The minimum absolute atomic E-state index is 0.0467. The van der Waals surface area contributed by atoms with E-state index in [-0.39, 0.29) is 30.8 Å². The highest BCUT2D eigenvalue weighted by Crippen LogP contribution is 2.36. The average molecular weight is 494 g/mol. The van der Waals surface area contributed by atoms with Crippen LogP contribution in [0.25, 0.3) is 0 Å². The smallest absolute Gasteiger partial charge is 0.393 e. The molecule has 14 heteroatoms. The monoisotopic (exact) mass is 494 g/mol. The first-order valence-electron chi connectivity index (χ1n) is 9.66. The van der Waals surface area contributed by atoms with Crippen LogP contribution in [0.15, 0.2) is 36.0 Å². The lowest BCUT2D eigenvalue weighted by Gasteiger charge is -2.29. The van der Waals surface area contributed by atoms with Gasteiger partial charge in [0.1, 0.15) is 11.9 Å². The van der Waals surface area contributed by atoms with Crippen molar-refractivity contribution < 1.29 is 45.7 Å². The van der Waals surface area contributed by atoms with Crippen molar-refractivity contribution in [3.05, 3.63) is 58.8 Å². The van der Waals surface area contributed by atoms with Crippen molar-refractivity contribution in [2.75, 3.05) is 29.9 Å². The summed E-state index contributed by atoms with van der Waals surface area (Å²) in [4.78, 5) is 20.7. The van der Waals surface area contributed by atoms with E-state index in [0.717, 1.165) is 12.3 Å². The van der Waals surface area contributed by atoms with Gasteiger partial charge in [-0.1, -0.05) is 6.08 Å². The third kappa shape index (κ3) is 5.62. The third-order valence-electron chi connectivity index (χ3n) is 4.89. The first-order chi connectivity index (χ1) is 15.8. The number of nitrogens with one attached hydrogen (secondary N) is 1. The number of amides is 1. The van der Waals surface area contributed by atoms with Gasteiger partial charge >= 0.3 is 12.4 Å². The molecule has 0 fully saturated rings. The van der Waals surface area contributed by atoms with Gasteiger partial charge in [0.15, 0.2) is 11.5 Å². The first kappa shape index (κ1) is 25.4. The topological polar surface area (TPSA) is 98.6 Å². The van der Waals surface area contributed by atoms with E-state index in [0.29, 0.717) is 12.1 Å². The van der Waals surface area contributed by atoms with Gasteiger partial charge in [-0.05, 0) is 24.6 Å². The molecule has 0 unspecified atom stereocenters. The molecule has 0 aliphatic carbocycles. The van der Waals surface area contributed by atoms with E-state index in [1.165, 1.54) is 11.0 Å². The second-order valence-electron chi connectivity index (χ2n) is 7.24. The molecule has 2 heterocycles. The van der Waals surface area contributed by atoms with Crippen molar-refractivity contribution >= 4 is 17.4 Å². The maximum Gasteiger partial charge on any atom is 0.437 e. The Morgan fingerprint density at radius 2 is 1.88 bits per heavy atom. The van der Waals surface area contributed by atoms with Crippen LogP contribution < -0.4 is 10.2 Å². The number of benzene rings is 1. The van der Waals surface area contributed by atoms with Crippen LogP contribution in [-0.4, -0.2) is 45.8 Å². The Morgan fingerprint density at radius 1 is 1.18 bits per heavy atom. The largest absolute Gasteiger partial charge is 0.437 e. The van der Waals surface area contributed by atoms with Gasteiger partial charge < -0.3 is 20.4 Å². The second-order valence-corrected chi connectivity index (χ2v) is 7.24. The molecule has 3 N–H and O–H groups in total. The number of nitrogens with zero attached hydrogens (tertiary/aromatic N) is 3. The zero-order valence-corrected chi connectivity index (χ0v) is 17.1. The normalized spacial score (nSPS) is 15.7.